The van der Waals surface area contributed by atoms with Gasteiger partial charge in [-0.15, -0.1) is 0 Å². The zero-order valence-corrected chi connectivity index (χ0v) is 12.1. The van der Waals surface area contributed by atoms with E-state index in [0.29, 0.717) is 11.5 Å². The molecular formula is C15H27N3. The first-order chi connectivity index (χ1) is 8.64. The molecule has 1 fully saturated rings. The molecule has 1 aliphatic rings. The Morgan fingerprint density at radius 2 is 2.11 bits per heavy atom. The molecule has 1 aromatic rings. The second-order valence-corrected chi connectivity index (χ2v) is 6.05. The van der Waals surface area contributed by atoms with E-state index in [2.05, 4.69) is 30.5 Å². The Morgan fingerprint density at radius 1 is 1.39 bits per heavy atom. The number of aryl methyl sites for hydroxylation is 1. The molecule has 1 N–H and O–H groups in total. The molecule has 1 atom stereocenters. The van der Waals surface area contributed by atoms with Crippen LogP contribution in [0.25, 0.3) is 0 Å². The lowest BCUT2D eigenvalue weighted by Gasteiger charge is -2.41. The van der Waals surface area contributed by atoms with Gasteiger partial charge in [-0.1, -0.05) is 33.1 Å². The van der Waals surface area contributed by atoms with Gasteiger partial charge in [0, 0.05) is 19.3 Å². The van der Waals surface area contributed by atoms with Crippen LogP contribution in [0.3, 0.4) is 0 Å². The summed E-state index contributed by atoms with van der Waals surface area (Å²) in [7, 11) is 1.99. The van der Waals surface area contributed by atoms with Crippen LogP contribution in [0.2, 0.25) is 0 Å². The van der Waals surface area contributed by atoms with Crippen molar-refractivity contribution >= 4 is 0 Å². The third-order valence-electron chi connectivity index (χ3n) is 4.49. The summed E-state index contributed by atoms with van der Waals surface area (Å²) in [6.07, 6.45) is 12.2. The Labute approximate surface area is 111 Å². The van der Waals surface area contributed by atoms with Gasteiger partial charge in [0.2, 0.25) is 0 Å². The van der Waals surface area contributed by atoms with Gasteiger partial charge in [-0.05, 0) is 36.8 Å². The fourth-order valence-corrected chi connectivity index (χ4v) is 3.33. The first-order valence-corrected chi connectivity index (χ1v) is 7.35. The lowest BCUT2D eigenvalue weighted by atomic mass is 9.69. The number of nitrogens with one attached hydrogen (secondary N) is 1. The van der Waals surface area contributed by atoms with Gasteiger partial charge in [0.05, 0.1) is 6.20 Å². The highest BCUT2D eigenvalue weighted by Gasteiger charge is 2.34. The Balaban J connectivity index is 2.06. The van der Waals surface area contributed by atoms with Crippen LogP contribution in [-0.4, -0.2) is 22.4 Å². The third-order valence-corrected chi connectivity index (χ3v) is 4.49. The van der Waals surface area contributed by atoms with Crippen molar-refractivity contribution in [3.8, 4) is 0 Å². The van der Waals surface area contributed by atoms with E-state index in [1.54, 1.807) is 0 Å². The standard InChI is InChI=1S/C15H27N3/c1-4-16-14(10-13-11-17-18(3)12-13)15(2)8-6-5-7-9-15/h11-12,14,16H,4-10H2,1-3H3. The van der Waals surface area contributed by atoms with Gasteiger partial charge in [-0.3, -0.25) is 4.68 Å². The molecule has 1 aromatic heterocycles. The van der Waals surface area contributed by atoms with E-state index in [0.717, 1.165) is 13.0 Å². The zero-order chi connectivity index (χ0) is 13.0. The van der Waals surface area contributed by atoms with Crippen molar-refractivity contribution in [2.24, 2.45) is 12.5 Å². The molecule has 1 unspecified atom stereocenters. The highest BCUT2D eigenvalue weighted by molar-refractivity contribution is 5.08. The molecule has 0 radical (unpaired) electrons. The topological polar surface area (TPSA) is 29.9 Å². The van der Waals surface area contributed by atoms with Crippen molar-refractivity contribution in [3.05, 3.63) is 18.0 Å². The predicted octanol–water partition coefficient (Wildman–Crippen LogP) is 2.91. The number of aromatic nitrogens is 2. The maximum Gasteiger partial charge on any atom is 0.0522 e. The summed E-state index contributed by atoms with van der Waals surface area (Å²) in [6, 6.07) is 0.590. The van der Waals surface area contributed by atoms with Gasteiger partial charge in [-0.2, -0.15) is 5.10 Å². The molecule has 0 amide bonds. The molecule has 0 spiro atoms. The molecule has 2 rings (SSSR count). The summed E-state index contributed by atoms with van der Waals surface area (Å²) in [5.41, 5.74) is 1.82. The van der Waals surface area contributed by atoms with E-state index < -0.39 is 0 Å². The molecule has 0 aliphatic heterocycles. The minimum atomic E-state index is 0.462. The molecule has 0 aromatic carbocycles. The zero-order valence-electron chi connectivity index (χ0n) is 12.1. The van der Waals surface area contributed by atoms with Crippen LogP contribution < -0.4 is 5.32 Å². The van der Waals surface area contributed by atoms with Crippen molar-refractivity contribution in [2.45, 2.75) is 58.4 Å². The van der Waals surface area contributed by atoms with Crippen molar-refractivity contribution in [1.82, 2.24) is 15.1 Å². The van der Waals surface area contributed by atoms with Gasteiger partial charge < -0.3 is 5.32 Å². The molecule has 102 valence electrons. The lowest BCUT2D eigenvalue weighted by molar-refractivity contribution is 0.145. The average molecular weight is 249 g/mol. The van der Waals surface area contributed by atoms with E-state index in [1.165, 1.54) is 37.7 Å². The van der Waals surface area contributed by atoms with Crippen LogP contribution in [0.1, 0.15) is 51.5 Å². The Hall–Kier alpha value is -0.830. The number of likely N-dealkylation sites (N-methyl/N-ethyl adjacent to an activating group) is 1. The second kappa shape index (κ2) is 5.87. The van der Waals surface area contributed by atoms with Gasteiger partial charge in [0.1, 0.15) is 0 Å². The highest BCUT2D eigenvalue weighted by atomic mass is 15.2. The van der Waals surface area contributed by atoms with Crippen LogP contribution in [0, 0.1) is 5.41 Å². The SMILES string of the molecule is CCNC(Cc1cnn(C)c1)C1(C)CCCCC1. The summed E-state index contributed by atoms with van der Waals surface area (Å²) in [5.74, 6) is 0. The van der Waals surface area contributed by atoms with E-state index >= 15 is 0 Å². The quantitative estimate of drug-likeness (QED) is 0.869. The molecule has 1 saturated carbocycles. The average Bonchev–Trinajstić information content (AvgIpc) is 2.75. The number of hydrogen-bond acceptors (Lipinski definition) is 2. The summed E-state index contributed by atoms with van der Waals surface area (Å²) >= 11 is 0. The Kier molecular flexibility index (Phi) is 4.44. The van der Waals surface area contributed by atoms with Crippen LogP contribution in [0.4, 0.5) is 0 Å². The van der Waals surface area contributed by atoms with Crippen LogP contribution in [0.15, 0.2) is 12.4 Å². The maximum absolute atomic E-state index is 4.29. The molecule has 1 aliphatic carbocycles. The van der Waals surface area contributed by atoms with Gasteiger partial charge in [0.15, 0.2) is 0 Å². The first-order valence-electron chi connectivity index (χ1n) is 7.35. The van der Waals surface area contributed by atoms with Crippen LogP contribution in [0.5, 0.6) is 0 Å². The number of nitrogens with zero attached hydrogens (tertiary/aromatic N) is 2. The molecule has 1 heterocycles. The first kappa shape index (κ1) is 13.6. The van der Waals surface area contributed by atoms with Crippen molar-refractivity contribution in [1.29, 1.82) is 0 Å². The second-order valence-electron chi connectivity index (χ2n) is 6.05. The maximum atomic E-state index is 4.29. The minimum Gasteiger partial charge on any atom is -0.313 e. The van der Waals surface area contributed by atoms with E-state index in [9.17, 15) is 0 Å². The van der Waals surface area contributed by atoms with Gasteiger partial charge >= 0.3 is 0 Å². The van der Waals surface area contributed by atoms with Crippen LogP contribution in [-0.2, 0) is 13.5 Å². The molecule has 0 saturated heterocycles. The molecule has 0 bridgehead atoms. The summed E-state index contributed by atoms with van der Waals surface area (Å²) in [5, 5.41) is 8.00. The van der Waals surface area contributed by atoms with E-state index in [4.69, 9.17) is 0 Å². The predicted molar refractivity (Wildman–Crippen MR) is 75.6 cm³/mol. The highest BCUT2D eigenvalue weighted by Crippen LogP contribution is 2.39. The van der Waals surface area contributed by atoms with Crippen molar-refractivity contribution < 1.29 is 0 Å². The Morgan fingerprint density at radius 3 is 2.67 bits per heavy atom. The lowest BCUT2D eigenvalue weighted by Crippen LogP contribution is -2.46. The fraction of sp³-hybridized carbons (Fsp3) is 0.800. The largest absolute Gasteiger partial charge is 0.313 e. The Bertz CT molecular complexity index is 364. The number of rotatable bonds is 5. The molecule has 18 heavy (non-hydrogen) atoms. The smallest absolute Gasteiger partial charge is 0.0522 e. The van der Waals surface area contributed by atoms with E-state index in [-0.39, 0.29) is 0 Å². The van der Waals surface area contributed by atoms with Gasteiger partial charge in [0.25, 0.3) is 0 Å². The van der Waals surface area contributed by atoms with Crippen molar-refractivity contribution in [2.75, 3.05) is 6.54 Å². The normalized spacial score (nSPS) is 20.8. The van der Waals surface area contributed by atoms with E-state index in [1.807, 2.05) is 17.9 Å². The number of hydrogen-bond donors (Lipinski definition) is 1. The molecule has 3 heteroatoms. The molecular weight excluding hydrogens is 222 g/mol. The fourth-order valence-electron chi connectivity index (χ4n) is 3.33. The summed E-state index contributed by atoms with van der Waals surface area (Å²) in [4.78, 5) is 0. The third kappa shape index (κ3) is 3.14. The van der Waals surface area contributed by atoms with Gasteiger partial charge in [-0.25, -0.2) is 0 Å². The monoisotopic (exact) mass is 249 g/mol. The summed E-state index contributed by atoms with van der Waals surface area (Å²) in [6.45, 7) is 5.73. The molecule has 3 nitrogen and oxygen atoms in total. The minimum absolute atomic E-state index is 0.462. The van der Waals surface area contributed by atoms with Crippen molar-refractivity contribution in [3.63, 3.8) is 0 Å². The van der Waals surface area contributed by atoms with Crippen LogP contribution >= 0.6 is 0 Å². The summed E-state index contributed by atoms with van der Waals surface area (Å²) < 4.78 is 1.90.